The van der Waals surface area contributed by atoms with Crippen molar-refractivity contribution in [1.29, 1.82) is 0 Å². The summed E-state index contributed by atoms with van der Waals surface area (Å²) in [5.74, 6) is 2.31. The van der Waals surface area contributed by atoms with Crippen LogP contribution in [0.2, 0.25) is 0 Å². The van der Waals surface area contributed by atoms with Crippen LogP contribution in [-0.2, 0) is 4.79 Å². The average Bonchev–Trinajstić information content (AvgIpc) is 3.34. The minimum Gasteiger partial charge on any atom is -0.454 e. The Morgan fingerprint density at radius 3 is 2.83 bits per heavy atom. The van der Waals surface area contributed by atoms with Gasteiger partial charge in [-0.15, -0.1) is 0 Å². The van der Waals surface area contributed by atoms with E-state index in [4.69, 9.17) is 9.47 Å². The summed E-state index contributed by atoms with van der Waals surface area (Å²) in [6.45, 7) is 4.20. The highest BCUT2D eigenvalue weighted by atomic mass is 16.7. The first-order valence-corrected chi connectivity index (χ1v) is 9.15. The molecule has 0 aromatic heterocycles. The summed E-state index contributed by atoms with van der Waals surface area (Å²) in [7, 11) is 0. The van der Waals surface area contributed by atoms with Crippen LogP contribution in [0.5, 0.6) is 11.5 Å². The first kappa shape index (κ1) is 15.8. The van der Waals surface area contributed by atoms with Gasteiger partial charge in [0, 0.05) is 31.1 Å². The maximum absolute atomic E-state index is 12.5. The number of benzene rings is 1. The lowest BCUT2D eigenvalue weighted by molar-refractivity contribution is -0.134. The van der Waals surface area contributed by atoms with Gasteiger partial charge in [-0.2, -0.15) is 0 Å². The molecule has 2 atom stereocenters. The lowest BCUT2D eigenvalue weighted by Gasteiger charge is -2.22. The molecule has 2 heterocycles. The Kier molecular flexibility index (Phi) is 4.35. The van der Waals surface area contributed by atoms with Gasteiger partial charge in [0.15, 0.2) is 11.5 Å². The molecule has 1 N–H and O–H groups in total. The van der Waals surface area contributed by atoms with Crippen LogP contribution < -0.4 is 14.8 Å². The fourth-order valence-electron chi connectivity index (χ4n) is 4.16. The Morgan fingerprint density at radius 2 is 2.00 bits per heavy atom. The molecular weight excluding hydrogens is 304 g/mol. The van der Waals surface area contributed by atoms with Crippen LogP contribution in [0.1, 0.15) is 50.6 Å². The number of amides is 1. The van der Waals surface area contributed by atoms with E-state index in [-0.39, 0.29) is 12.0 Å². The second-order valence-electron chi connectivity index (χ2n) is 7.25. The second kappa shape index (κ2) is 6.63. The Morgan fingerprint density at radius 1 is 1.21 bits per heavy atom. The van der Waals surface area contributed by atoms with Gasteiger partial charge >= 0.3 is 0 Å². The number of nitrogens with one attached hydrogen (secondary N) is 1. The van der Waals surface area contributed by atoms with Gasteiger partial charge in [-0.1, -0.05) is 18.9 Å². The van der Waals surface area contributed by atoms with Gasteiger partial charge in [-0.25, -0.2) is 0 Å². The fourth-order valence-corrected chi connectivity index (χ4v) is 4.16. The third-order valence-corrected chi connectivity index (χ3v) is 5.59. The molecule has 0 spiro atoms. The molecule has 1 saturated heterocycles. The van der Waals surface area contributed by atoms with Crippen molar-refractivity contribution in [1.82, 2.24) is 10.2 Å². The van der Waals surface area contributed by atoms with Gasteiger partial charge in [0.05, 0.1) is 0 Å². The minimum atomic E-state index is 0.228. The third kappa shape index (κ3) is 3.09. The topological polar surface area (TPSA) is 50.8 Å². The third-order valence-electron chi connectivity index (χ3n) is 5.59. The summed E-state index contributed by atoms with van der Waals surface area (Å²) in [5.41, 5.74) is 1.19. The fraction of sp³-hybridized carbons (Fsp3) is 0.632. The van der Waals surface area contributed by atoms with E-state index in [9.17, 15) is 4.79 Å². The van der Waals surface area contributed by atoms with Crippen LogP contribution in [0, 0.1) is 5.92 Å². The van der Waals surface area contributed by atoms with Crippen molar-refractivity contribution in [2.24, 2.45) is 5.92 Å². The number of carbonyl (C=O) groups is 1. The van der Waals surface area contributed by atoms with Crippen LogP contribution in [0.3, 0.4) is 0 Å². The van der Waals surface area contributed by atoms with Gasteiger partial charge in [0.2, 0.25) is 12.7 Å². The normalized spacial score (nSPS) is 24.5. The predicted octanol–water partition coefficient (Wildman–Crippen LogP) is 2.86. The molecule has 1 aliphatic carbocycles. The molecule has 5 nitrogen and oxygen atoms in total. The largest absolute Gasteiger partial charge is 0.454 e. The second-order valence-corrected chi connectivity index (χ2v) is 7.25. The maximum Gasteiger partial charge on any atom is 0.231 e. The van der Waals surface area contributed by atoms with Crippen LogP contribution >= 0.6 is 0 Å². The van der Waals surface area contributed by atoms with E-state index in [1.807, 2.05) is 6.07 Å². The van der Waals surface area contributed by atoms with E-state index in [1.54, 1.807) is 0 Å². The highest BCUT2D eigenvalue weighted by Crippen LogP contribution is 2.34. The van der Waals surface area contributed by atoms with E-state index >= 15 is 0 Å². The Hall–Kier alpha value is -1.75. The molecule has 1 amide bonds. The number of rotatable bonds is 4. The van der Waals surface area contributed by atoms with Crippen molar-refractivity contribution in [3.05, 3.63) is 23.8 Å². The lowest BCUT2D eigenvalue weighted by atomic mass is 10.1. The van der Waals surface area contributed by atoms with E-state index in [2.05, 4.69) is 29.3 Å². The molecule has 4 rings (SSSR count). The minimum absolute atomic E-state index is 0.228. The summed E-state index contributed by atoms with van der Waals surface area (Å²) < 4.78 is 10.8. The van der Waals surface area contributed by atoms with Crippen molar-refractivity contribution in [2.45, 2.75) is 51.1 Å². The zero-order chi connectivity index (χ0) is 16.5. The summed E-state index contributed by atoms with van der Waals surface area (Å²) in [6, 6.07) is 6.71. The molecule has 3 aliphatic rings. The van der Waals surface area contributed by atoms with E-state index in [1.165, 1.54) is 18.4 Å². The molecule has 2 unspecified atom stereocenters. The molecule has 1 aromatic carbocycles. The summed E-state index contributed by atoms with van der Waals surface area (Å²) in [6.07, 6.45) is 5.63. The van der Waals surface area contributed by atoms with Crippen LogP contribution in [0.25, 0.3) is 0 Å². The molecular formula is C19H26N2O3. The zero-order valence-corrected chi connectivity index (χ0v) is 14.3. The first-order valence-electron chi connectivity index (χ1n) is 9.15. The number of hydrogen-bond donors (Lipinski definition) is 1. The van der Waals surface area contributed by atoms with E-state index < -0.39 is 0 Å². The molecule has 5 heteroatoms. The summed E-state index contributed by atoms with van der Waals surface area (Å²) in [5, 5.41) is 3.67. The van der Waals surface area contributed by atoms with Gasteiger partial charge in [-0.3, -0.25) is 4.79 Å². The maximum atomic E-state index is 12.5. The average molecular weight is 330 g/mol. The molecule has 0 radical (unpaired) electrons. The molecule has 1 aromatic rings. The molecule has 24 heavy (non-hydrogen) atoms. The van der Waals surface area contributed by atoms with Crippen LogP contribution in [-0.4, -0.2) is 36.7 Å². The van der Waals surface area contributed by atoms with Gasteiger partial charge in [-0.05, 0) is 43.9 Å². The van der Waals surface area contributed by atoms with Crippen LogP contribution in [0.15, 0.2) is 18.2 Å². The highest BCUT2D eigenvalue weighted by molar-refractivity contribution is 5.79. The van der Waals surface area contributed by atoms with E-state index in [0.717, 1.165) is 43.9 Å². The number of likely N-dealkylation sites (tertiary alicyclic amines) is 1. The predicted molar refractivity (Wildman–Crippen MR) is 91.1 cm³/mol. The van der Waals surface area contributed by atoms with Crippen molar-refractivity contribution in [3.8, 4) is 11.5 Å². The number of fused-ring (bicyclic) bond motifs is 1. The van der Waals surface area contributed by atoms with Crippen molar-refractivity contribution < 1.29 is 14.3 Å². The van der Waals surface area contributed by atoms with Crippen molar-refractivity contribution in [2.75, 3.05) is 19.9 Å². The molecule has 130 valence electrons. The van der Waals surface area contributed by atoms with Crippen molar-refractivity contribution >= 4 is 5.91 Å². The van der Waals surface area contributed by atoms with Crippen LogP contribution in [0.4, 0.5) is 0 Å². The molecule has 2 aliphatic heterocycles. The van der Waals surface area contributed by atoms with E-state index in [0.29, 0.717) is 18.7 Å². The molecule has 0 bridgehead atoms. The molecule has 2 fully saturated rings. The SMILES string of the molecule is CC(NC1CCN(C(=O)C2CCCC2)C1)c1ccc2c(c1)OCO2. The van der Waals surface area contributed by atoms with Crippen molar-refractivity contribution in [3.63, 3.8) is 0 Å². The summed E-state index contributed by atoms with van der Waals surface area (Å²) >= 11 is 0. The Balaban J connectivity index is 1.33. The zero-order valence-electron chi connectivity index (χ0n) is 14.3. The number of carbonyl (C=O) groups excluding carboxylic acids is 1. The highest BCUT2D eigenvalue weighted by Gasteiger charge is 2.32. The summed E-state index contributed by atoms with van der Waals surface area (Å²) in [4.78, 5) is 14.6. The van der Waals surface area contributed by atoms with Gasteiger partial charge < -0.3 is 19.7 Å². The first-order chi connectivity index (χ1) is 11.7. The van der Waals surface area contributed by atoms with Gasteiger partial charge in [0.25, 0.3) is 0 Å². The Bertz CT molecular complexity index is 613. The quantitative estimate of drug-likeness (QED) is 0.922. The monoisotopic (exact) mass is 330 g/mol. The molecule has 1 saturated carbocycles. The van der Waals surface area contributed by atoms with Gasteiger partial charge in [0.1, 0.15) is 0 Å². The number of ether oxygens (including phenoxy) is 2. The number of hydrogen-bond acceptors (Lipinski definition) is 4. The smallest absolute Gasteiger partial charge is 0.231 e. The standard InChI is InChI=1S/C19H26N2O3/c1-13(15-6-7-17-18(10-15)24-12-23-17)20-16-8-9-21(11-16)19(22)14-4-2-3-5-14/h6-7,10,13-14,16,20H,2-5,8-9,11-12H2,1H3. The number of nitrogens with zero attached hydrogens (tertiary/aromatic N) is 1. The lowest BCUT2D eigenvalue weighted by Crippen LogP contribution is -2.38. The Labute approximate surface area is 143 Å².